The van der Waals surface area contributed by atoms with E-state index in [1.54, 1.807) is 30.3 Å². The van der Waals surface area contributed by atoms with Crippen LogP contribution in [0, 0.1) is 13.8 Å². The lowest BCUT2D eigenvalue weighted by molar-refractivity contribution is 0.595. The topological polar surface area (TPSA) is 64.0 Å². The fourth-order valence-corrected chi connectivity index (χ4v) is 4.60. The van der Waals surface area contributed by atoms with Crippen LogP contribution in [0.5, 0.6) is 0 Å². The smallest absolute Gasteiger partial charge is 0.263 e. The fraction of sp³-hybridized carbons (Fsp3) is 0.160. The number of rotatable bonds is 7. The Morgan fingerprint density at radius 2 is 1.45 bits per heavy atom. The summed E-state index contributed by atoms with van der Waals surface area (Å²) in [6.45, 7) is 4.66. The standard InChI is InChI=1S/C25H25N3O2S/c1-19-13-15-22(16-14-19)24-20(2)28(18-17-21-9-5-3-6-10-21)26-25(24)27-31(29,30)23-11-7-4-8-12-23/h3-16H,17-18H2,1-2H3,(H,26,27). The zero-order valence-electron chi connectivity index (χ0n) is 17.6. The summed E-state index contributed by atoms with van der Waals surface area (Å²) in [5.41, 5.74) is 5.00. The van der Waals surface area contributed by atoms with E-state index in [0.29, 0.717) is 12.4 Å². The van der Waals surface area contributed by atoms with Crippen LogP contribution in [0.4, 0.5) is 5.82 Å². The SMILES string of the molecule is Cc1ccc(-c2c(NS(=O)(=O)c3ccccc3)nn(CCc3ccccc3)c2C)cc1. The van der Waals surface area contributed by atoms with Crippen LogP contribution >= 0.6 is 0 Å². The summed E-state index contributed by atoms with van der Waals surface area (Å²) in [7, 11) is -3.75. The third-order valence-electron chi connectivity index (χ3n) is 5.29. The average Bonchev–Trinajstić information content (AvgIpc) is 3.08. The minimum Gasteiger partial charge on any atom is -0.267 e. The molecule has 3 aromatic carbocycles. The van der Waals surface area contributed by atoms with Gasteiger partial charge in [0.15, 0.2) is 5.82 Å². The molecule has 4 rings (SSSR count). The predicted octanol–water partition coefficient (Wildman–Crippen LogP) is 5.21. The molecule has 0 unspecified atom stereocenters. The number of nitrogens with zero attached hydrogens (tertiary/aromatic N) is 2. The molecule has 6 heteroatoms. The van der Waals surface area contributed by atoms with Crippen molar-refractivity contribution in [3.05, 3.63) is 102 Å². The second kappa shape index (κ2) is 8.78. The maximum absolute atomic E-state index is 13.0. The summed E-state index contributed by atoms with van der Waals surface area (Å²) >= 11 is 0. The zero-order chi connectivity index (χ0) is 21.8. The molecule has 0 bridgehead atoms. The molecular formula is C25H25N3O2S. The van der Waals surface area contributed by atoms with E-state index in [1.165, 1.54) is 5.56 Å². The average molecular weight is 432 g/mol. The van der Waals surface area contributed by atoms with E-state index < -0.39 is 10.0 Å². The summed E-state index contributed by atoms with van der Waals surface area (Å²) in [6, 6.07) is 26.6. The van der Waals surface area contributed by atoms with Crippen LogP contribution in [-0.4, -0.2) is 18.2 Å². The lowest BCUT2D eigenvalue weighted by atomic mass is 10.0. The highest BCUT2D eigenvalue weighted by Gasteiger charge is 2.22. The van der Waals surface area contributed by atoms with Crippen LogP contribution in [-0.2, 0) is 23.0 Å². The van der Waals surface area contributed by atoms with Crippen molar-refractivity contribution in [1.29, 1.82) is 0 Å². The highest BCUT2D eigenvalue weighted by molar-refractivity contribution is 7.92. The molecule has 5 nitrogen and oxygen atoms in total. The highest BCUT2D eigenvalue weighted by atomic mass is 32.2. The van der Waals surface area contributed by atoms with Gasteiger partial charge in [-0.15, -0.1) is 0 Å². The minimum atomic E-state index is -3.75. The van der Waals surface area contributed by atoms with Crippen molar-refractivity contribution in [2.45, 2.75) is 31.7 Å². The van der Waals surface area contributed by atoms with E-state index in [0.717, 1.165) is 28.8 Å². The minimum absolute atomic E-state index is 0.210. The molecule has 1 N–H and O–H groups in total. The molecule has 0 aliphatic heterocycles. The zero-order valence-corrected chi connectivity index (χ0v) is 18.4. The molecule has 0 aliphatic carbocycles. The molecule has 31 heavy (non-hydrogen) atoms. The lowest BCUT2D eigenvalue weighted by Crippen LogP contribution is -2.14. The Hall–Kier alpha value is -3.38. The highest BCUT2D eigenvalue weighted by Crippen LogP contribution is 2.33. The van der Waals surface area contributed by atoms with Gasteiger partial charge in [-0.05, 0) is 43.5 Å². The van der Waals surface area contributed by atoms with E-state index in [-0.39, 0.29) is 4.90 Å². The van der Waals surface area contributed by atoms with Crippen LogP contribution in [0.15, 0.2) is 89.8 Å². The first-order chi connectivity index (χ1) is 14.9. The Bertz CT molecular complexity index is 1260. The van der Waals surface area contributed by atoms with Gasteiger partial charge in [-0.3, -0.25) is 9.40 Å². The molecule has 0 radical (unpaired) electrons. The number of nitrogens with one attached hydrogen (secondary N) is 1. The predicted molar refractivity (Wildman–Crippen MR) is 125 cm³/mol. The fourth-order valence-electron chi connectivity index (χ4n) is 3.57. The van der Waals surface area contributed by atoms with Crippen molar-refractivity contribution >= 4 is 15.8 Å². The first kappa shape index (κ1) is 20.9. The first-order valence-electron chi connectivity index (χ1n) is 10.2. The molecule has 0 amide bonds. The second-order valence-electron chi connectivity index (χ2n) is 7.55. The normalized spacial score (nSPS) is 11.4. The number of hydrogen-bond donors (Lipinski definition) is 1. The van der Waals surface area contributed by atoms with Crippen LogP contribution in [0.1, 0.15) is 16.8 Å². The van der Waals surface area contributed by atoms with Gasteiger partial charge >= 0.3 is 0 Å². The first-order valence-corrected chi connectivity index (χ1v) is 11.7. The van der Waals surface area contributed by atoms with Gasteiger partial charge in [-0.2, -0.15) is 5.10 Å². The number of hydrogen-bond acceptors (Lipinski definition) is 3. The van der Waals surface area contributed by atoms with Gasteiger partial charge in [-0.1, -0.05) is 78.4 Å². The summed E-state index contributed by atoms with van der Waals surface area (Å²) in [5, 5.41) is 4.66. The summed E-state index contributed by atoms with van der Waals surface area (Å²) < 4.78 is 30.6. The van der Waals surface area contributed by atoms with Crippen molar-refractivity contribution < 1.29 is 8.42 Å². The van der Waals surface area contributed by atoms with Gasteiger partial charge in [0.1, 0.15) is 0 Å². The largest absolute Gasteiger partial charge is 0.267 e. The van der Waals surface area contributed by atoms with Crippen molar-refractivity contribution in [2.24, 2.45) is 0 Å². The molecule has 0 fully saturated rings. The van der Waals surface area contributed by atoms with Crippen LogP contribution in [0.3, 0.4) is 0 Å². The molecule has 0 aliphatic rings. The van der Waals surface area contributed by atoms with E-state index in [2.05, 4.69) is 22.0 Å². The van der Waals surface area contributed by atoms with Gasteiger partial charge in [-0.25, -0.2) is 8.42 Å². The number of aryl methyl sites for hydroxylation is 3. The Kier molecular flexibility index (Phi) is 5.91. The molecule has 0 saturated carbocycles. The van der Waals surface area contributed by atoms with Crippen LogP contribution < -0.4 is 4.72 Å². The molecule has 0 saturated heterocycles. The third-order valence-corrected chi connectivity index (χ3v) is 6.64. The number of anilines is 1. The van der Waals surface area contributed by atoms with Gasteiger partial charge in [0.25, 0.3) is 10.0 Å². The third kappa shape index (κ3) is 4.70. The van der Waals surface area contributed by atoms with E-state index in [4.69, 9.17) is 0 Å². The van der Waals surface area contributed by atoms with Gasteiger partial charge in [0.05, 0.1) is 4.90 Å². The van der Waals surface area contributed by atoms with Gasteiger partial charge in [0, 0.05) is 17.8 Å². The summed E-state index contributed by atoms with van der Waals surface area (Å²) in [5.74, 6) is 0.346. The lowest BCUT2D eigenvalue weighted by Gasteiger charge is -2.09. The van der Waals surface area contributed by atoms with Gasteiger partial charge < -0.3 is 0 Å². The van der Waals surface area contributed by atoms with Crippen molar-refractivity contribution in [2.75, 3.05) is 4.72 Å². The Morgan fingerprint density at radius 3 is 2.10 bits per heavy atom. The van der Waals surface area contributed by atoms with Crippen LogP contribution in [0.25, 0.3) is 11.1 Å². The maximum Gasteiger partial charge on any atom is 0.263 e. The Balaban J connectivity index is 1.72. The quantitative estimate of drug-likeness (QED) is 0.437. The Morgan fingerprint density at radius 1 is 0.839 bits per heavy atom. The summed E-state index contributed by atoms with van der Waals surface area (Å²) in [6.07, 6.45) is 0.807. The van der Waals surface area contributed by atoms with E-state index in [9.17, 15) is 8.42 Å². The molecule has 1 heterocycles. The van der Waals surface area contributed by atoms with E-state index in [1.807, 2.05) is 61.0 Å². The van der Waals surface area contributed by atoms with E-state index >= 15 is 0 Å². The van der Waals surface area contributed by atoms with Crippen molar-refractivity contribution in [3.63, 3.8) is 0 Å². The molecule has 0 spiro atoms. The molecular weight excluding hydrogens is 406 g/mol. The number of aromatic nitrogens is 2. The van der Waals surface area contributed by atoms with Crippen molar-refractivity contribution in [1.82, 2.24) is 9.78 Å². The van der Waals surface area contributed by atoms with Crippen LogP contribution in [0.2, 0.25) is 0 Å². The molecule has 1 aromatic heterocycles. The number of benzene rings is 3. The molecule has 158 valence electrons. The summed E-state index contributed by atoms with van der Waals surface area (Å²) in [4.78, 5) is 0.210. The maximum atomic E-state index is 13.0. The van der Waals surface area contributed by atoms with Crippen molar-refractivity contribution in [3.8, 4) is 11.1 Å². The second-order valence-corrected chi connectivity index (χ2v) is 9.23. The molecule has 0 atom stereocenters. The van der Waals surface area contributed by atoms with Gasteiger partial charge in [0.2, 0.25) is 0 Å². The Labute approximate surface area is 183 Å². The number of sulfonamides is 1. The monoisotopic (exact) mass is 431 g/mol. The molecule has 4 aromatic rings.